The topological polar surface area (TPSA) is 108 Å². The summed E-state index contributed by atoms with van der Waals surface area (Å²) in [6, 6.07) is 23.6. The standard InChI is InChI=1S/C23H17N7O2/c31-22(25-17-10-12-18(13-11-17)30-15-24-27-28-30)21-19-8-4-5-9-20(19)23(32)29(26-21)14-16-6-2-1-3-7-16/h1-13,15H,14H2,(H,25,31). The molecule has 9 heteroatoms. The molecule has 0 bridgehead atoms. The maximum atomic E-state index is 13.1. The van der Waals surface area contributed by atoms with E-state index in [9.17, 15) is 9.59 Å². The van der Waals surface area contributed by atoms with Crippen LogP contribution in [0, 0.1) is 0 Å². The smallest absolute Gasteiger partial charge is 0.276 e. The van der Waals surface area contributed by atoms with Gasteiger partial charge >= 0.3 is 0 Å². The minimum Gasteiger partial charge on any atom is -0.321 e. The fraction of sp³-hybridized carbons (Fsp3) is 0.0435. The molecule has 156 valence electrons. The van der Waals surface area contributed by atoms with Crippen LogP contribution in [-0.4, -0.2) is 35.9 Å². The van der Waals surface area contributed by atoms with Crippen molar-refractivity contribution in [2.45, 2.75) is 6.54 Å². The first-order chi connectivity index (χ1) is 15.7. The number of rotatable bonds is 5. The van der Waals surface area contributed by atoms with E-state index < -0.39 is 5.91 Å². The Hall–Kier alpha value is -4.66. The number of benzene rings is 3. The highest BCUT2D eigenvalue weighted by Gasteiger charge is 2.17. The summed E-state index contributed by atoms with van der Waals surface area (Å²) in [6.07, 6.45) is 1.49. The lowest BCUT2D eigenvalue weighted by atomic mass is 10.1. The molecule has 0 aliphatic carbocycles. The van der Waals surface area contributed by atoms with Gasteiger partial charge < -0.3 is 5.32 Å². The van der Waals surface area contributed by atoms with Crippen molar-refractivity contribution in [3.63, 3.8) is 0 Å². The summed E-state index contributed by atoms with van der Waals surface area (Å²) in [7, 11) is 0. The third-order valence-electron chi connectivity index (χ3n) is 5.00. The second-order valence-corrected chi connectivity index (χ2v) is 7.10. The largest absolute Gasteiger partial charge is 0.321 e. The summed E-state index contributed by atoms with van der Waals surface area (Å²) >= 11 is 0. The summed E-state index contributed by atoms with van der Waals surface area (Å²) in [5.74, 6) is -0.404. The third kappa shape index (κ3) is 3.74. The van der Waals surface area contributed by atoms with E-state index in [1.807, 2.05) is 30.3 Å². The number of hydrogen-bond donors (Lipinski definition) is 1. The molecular weight excluding hydrogens is 406 g/mol. The summed E-state index contributed by atoms with van der Waals surface area (Å²) in [4.78, 5) is 26.1. The Bertz CT molecular complexity index is 1440. The van der Waals surface area contributed by atoms with E-state index in [1.165, 1.54) is 15.7 Å². The number of aromatic nitrogens is 6. The zero-order valence-electron chi connectivity index (χ0n) is 16.8. The first kappa shape index (κ1) is 19.3. The van der Waals surface area contributed by atoms with Crippen LogP contribution >= 0.6 is 0 Å². The molecule has 0 radical (unpaired) electrons. The van der Waals surface area contributed by atoms with Crippen molar-refractivity contribution in [3.8, 4) is 5.69 Å². The van der Waals surface area contributed by atoms with Crippen molar-refractivity contribution in [3.05, 3.63) is 107 Å². The molecule has 0 saturated carbocycles. The Morgan fingerprint density at radius 3 is 2.31 bits per heavy atom. The first-order valence-electron chi connectivity index (χ1n) is 9.87. The minimum absolute atomic E-state index is 0.181. The van der Waals surface area contributed by atoms with E-state index in [-0.39, 0.29) is 17.8 Å². The number of tetrazole rings is 1. The van der Waals surface area contributed by atoms with Gasteiger partial charge in [0.05, 0.1) is 17.6 Å². The molecule has 1 amide bonds. The average molecular weight is 423 g/mol. The number of carbonyl (C=O) groups excluding carboxylic acids is 1. The van der Waals surface area contributed by atoms with Crippen LogP contribution in [0.5, 0.6) is 0 Å². The van der Waals surface area contributed by atoms with Crippen molar-refractivity contribution in [1.82, 2.24) is 30.0 Å². The highest BCUT2D eigenvalue weighted by Crippen LogP contribution is 2.17. The minimum atomic E-state index is -0.404. The number of hydrogen-bond acceptors (Lipinski definition) is 6. The molecule has 2 heterocycles. The fourth-order valence-electron chi connectivity index (χ4n) is 3.43. The Morgan fingerprint density at radius 2 is 1.59 bits per heavy atom. The van der Waals surface area contributed by atoms with Crippen molar-refractivity contribution in [2.75, 3.05) is 5.32 Å². The number of fused-ring (bicyclic) bond motifs is 1. The van der Waals surface area contributed by atoms with Gasteiger partial charge in [-0.15, -0.1) is 5.10 Å². The number of anilines is 1. The van der Waals surface area contributed by atoms with E-state index >= 15 is 0 Å². The van der Waals surface area contributed by atoms with Crippen LogP contribution in [0.1, 0.15) is 16.1 Å². The monoisotopic (exact) mass is 423 g/mol. The lowest BCUT2D eigenvalue weighted by molar-refractivity contribution is 0.102. The molecule has 0 spiro atoms. The molecule has 0 aliphatic rings. The number of nitrogens with one attached hydrogen (secondary N) is 1. The Kier molecular flexibility index (Phi) is 4.97. The normalized spacial score (nSPS) is 10.9. The van der Waals surface area contributed by atoms with Gasteiger partial charge in [0.2, 0.25) is 0 Å². The van der Waals surface area contributed by atoms with Gasteiger partial charge in [-0.1, -0.05) is 48.5 Å². The van der Waals surface area contributed by atoms with Gasteiger partial charge in [0.25, 0.3) is 11.5 Å². The first-order valence-corrected chi connectivity index (χ1v) is 9.87. The molecule has 0 fully saturated rings. The molecule has 2 aromatic heterocycles. The predicted molar refractivity (Wildman–Crippen MR) is 119 cm³/mol. The molecular formula is C23H17N7O2. The third-order valence-corrected chi connectivity index (χ3v) is 5.00. The average Bonchev–Trinajstić information content (AvgIpc) is 3.37. The van der Waals surface area contributed by atoms with Crippen LogP contribution in [0.4, 0.5) is 5.69 Å². The number of amides is 1. The van der Waals surface area contributed by atoms with Crippen molar-refractivity contribution >= 4 is 22.4 Å². The molecule has 3 aromatic carbocycles. The van der Waals surface area contributed by atoms with Crippen LogP contribution in [0.3, 0.4) is 0 Å². The van der Waals surface area contributed by atoms with Gasteiger partial charge in [-0.05, 0) is 46.3 Å². The summed E-state index contributed by atoms with van der Waals surface area (Å²) in [6.45, 7) is 0.269. The van der Waals surface area contributed by atoms with E-state index in [1.54, 1.807) is 48.5 Å². The lowest BCUT2D eigenvalue weighted by Crippen LogP contribution is -2.28. The van der Waals surface area contributed by atoms with E-state index in [0.29, 0.717) is 16.5 Å². The van der Waals surface area contributed by atoms with Crippen LogP contribution in [0.25, 0.3) is 16.5 Å². The van der Waals surface area contributed by atoms with Crippen LogP contribution in [-0.2, 0) is 6.54 Å². The molecule has 32 heavy (non-hydrogen) atoms. The van der Waals surface area contributed by atoms with Crippen molar-refractivity contribution < 1.29 is 4.79 Å². The number of nitrogens with zero attached hydrogens (tertiary/aromatic N) is 6. The zero-order chi connectivity index (χ0) is 21.9. The molecule has 5 aromatic rings. The number of carbonyl (C=O) groups is 1. The second kappa shape index (κ2) is 8.23. The SMILES string of the molecule is O=C(Nc1ccc(-n2cnnn2)cc1)c1nn(Cc2ccccc2)c(=O)c2ccccc12. The van der Waals surface area contributed by atoms with Crippen LogP contribution in [0.15, 0.2) is 90.0 Å². The molecule has 0 unspecified atom stereocenters. The van der Waals surface area contributed by atoms with Gasteiger partial charge in [-0.25, -0.2) is 9.36 Å². The lowest BCUT2D eigenvalue weighted by Gasteiger charge is -2.12. The van der Waals surface area contributed by atoms with Crippen LogP contribution < -0.4 is 10.9 Å². The predicted octanol–water partition coefficient (Wildman–Crippen LogP) is 2.67. The molecule has 1 N–H and O–H groups in total. The Morgan fingerprint density at radius 1 is 0.875 bits per heavy atom. The molecule has 0 aliphatic heterocycles. The molecule has 0 atom stereocenters. The molecule has 0 saturated heterocycles. The summed E-state index contributed by atoms with van der Waals surface area (Å²) < 4.78 is 2.84. The Balaban J connectivity index is 1.49. The highest BCUT2D eigenvalue weighted by molar-refractivity contribution is 6.11. The maximum Gasteiger partial charge on any atom is 0.276 e. The summed E-state index contributed by atoms with van der Waals surface area (Å²) in [5.41, 5.74) is 2.20. The zero-order valence-corrected chi connectivity index (χ0v) is 16.8. The van der Waals surface area contributed by atoms with Crippen molar-refractivity contribution in [1.29, 1.82) is 0 Å². The quantitative estimate of drug-likeness (QED) is 0.466. The van der Waals surface area contributed by atoms with E-state index in [2.05, 4.69) is 25.9 Å². The highest BCUT2D eigenvalue weighted by atomic mass is 16.2. The maximum absolute atomic E-state index is 13.1. The van der Waals surface area contributed by atoms with E-state index in [0.717, 1.165) is 11.3 Å². The summed E-state index contributed by atoms with van der Waals surface area (Å²) in [5, 5.41) is 19.3. The Labute approximate surface area is 181 Å². The van der Waals surface area contributed by atoms with Crippen LogP contribution in [0.2, 0.25) is 0 Å². The van der Waals surface area contributed by atoms with Gasteiger partial charge in [0.1, 0.15) is 6.33 Å². The van der Waals surface area contributed by atoms with Gasteiger partial charge in [0.15, 0.2) is 5.69 Å². The second-order valence-electron chi connectivity index (χ2n) is 7.10. The van der Waals surface area contributed by atoms with Gasteiger partial charge in [0, 0.05) is 11.1 Å². The van der Waals surface area contributed by atoms with Gasteiger partial charge in [-0.3, -0.25) is 9.59 Å². The van der Waals surface area contributed by atoms with Crippen molar-refractivity contribution in [2.24, 2.45) is 0 Å². The van der Waals surface area contributed by atoms with Gasteiger partial charge in [-0.2, -0.15) is 5.10 Å². The fourth-order valence-corrected chi connectivity index (χ4v) is 3.43. The molecule has 9 nitrogen and oxygen atoms in total. The van der Waals surface area contributed by atoms with E-state index in [4.69, 9.17) is 0 Å². The molecule has 5 rings (SSSR count).